The number of carbonyl (C=O) groups excluding carboxylic acids is 2. The molecule has 4 aromatic rings. The lowest BCUT2D eigenvalue weighted by Crippen LogP contribution is -2.54. The van der Waals surface area contributed by atoms with Crippen LogP contribution in [0.25, 0.3) is 16.8 Å². The second kappa shape index (κ2) is 8.77. The van der Waals surface area contributed by atoms with Gasteiger partial charge in [0.25, 0.3) is 5.91 Å². The smallest absolute Gasteiger partial charge is 0.259 e. The molecule has 37 heavy (non-hydrogen) atoms. The molecule has 0 spiro atoms. The highest BCUT2D eigenvalue weighted by atomic mass is 16.2. The molecule has 0 aromatic carbocycles. The SMILES string of the molecule is Cc1ncc(NC(=O)CN2CC(C)(C)C2)cc1NC(=O)c1cnn2cc(-c3cnn(C4CC4)c3)ncc12. The maximum Gasteiger partial charge on any atom is 0.259 e. The normalized spacial score (nSPS) is 16.9. The van der Waals surface area contributed by atoms with Crippen LogP contribution in [0.5, 0.6) is 0 Å². The number of fused-ring (bicyclic) bond motifs is 1. The van der Waals surface area contributed by atoms with Gasteiger partial charge < -0.3 is 10.6 Å². The van der Waals surface area contributed by atoms with E-state index in [2.05, 4.69) is 49.5 Å². The van der Waals surface area contributed by atoms with Crippen LogP contribution in [0.4, 0.5) is 11.4 Å². The van der Waals surface area contributed by atoms with Crippen LogP contribution in [0.15, 0.2) is 43.2 Å². The Labute approximate surface area is 213 Å². The van der Waals surface area contributed by atoms with Gasteiger partial charge in [0.2, 0.25) is 5.91 Å². The van der Waals surface area contributed by atoms with E-state index in [0.29, 0.717) is 40.7 Å². The van der Waals surface area contributed by atoms with Crippen LogP contribution in [0, 0.1) is 12.3 Å². The number of nitrogens with one attached hydrogen (secondary N) is 2. The topological polar surface area (TPSA) is 122 Å². The Morgan fingerprint density at radius 1 is 1.03 bits per heavy atom. The first-order valence-corrected chi connectivity index (χ1v) is 12.4. The molecule has 2 N–H and O–H groups in total. The molecule has 6 rings (SSSR count). The van der Waals surface area contributed by atoms with Crippen LogP contribution >= 0.6 is 0 Å². The van der Waals surface area contributed by atoms with Crippen molar-refractivity contribution in [2.24, 2.45) is 5.41 Å². The van der Waals surface area contributed by atoms with Crippen LogP contribution < -0.4 is 10.6 Å². The highest BCUT2D eigenvalue weighted by Gasteiger charge is 2.34. The van der Waals surface area contributed by atoms with Crippen molar-refractivity contribution in [3.05, 3.63) is 54.5 Å². The lowest BCUT2D eigenvalue weighted by molar-refractivity contribution is -0.120. The maximum absolute atomic E-state index is 13.1. The van der Waals surface area contributed by atoms with Crippen molar-refractivity contribution < 1.29 is 9.59 Å². The molecule has 1 saturated carbocycles. The first-order valence-electron chi connectivity index (χ1n) is 12.4. The second-order valence-corrected chi connectivity index (χ2v) is 10.8. The van der Waals surface area contributed by atoms with Crippen molar-refractivity contribution in [1.29, 1.82) is 0 Å². The fourth-order valence-corrected chi connectivity index (χ4v) is 4.81. The second-order valence-electron chi connectivity index (χ2n) is 10.8. The Hall–Kier alpha value is -4.12. The van der Waals surface area contributed by atoms with E-state index in [-0.39, 0.29) is 17.2 Å². The Balaban J connectivity index is 1.15. The standard InChI is InChI=1S/C26H29N9O2/c1-16-21(6-18(8-27-16)31-24(36)13-33-14-26(2,3)15-33)32-25(37)20-9-30-35-12-22(28-10-23(20)35)17-7-29-34(11-17)19-4-5-19/h6-12,19H,4-5,13-15H2,1-3H3,(H,31,36)(H,32,37). The van der Waals surface area contributed by atoms with Crippen LogP contribution in [-0.2, 0) is 4.79 Å². The first-order chi connectivity index (χ1) is 17.7. The third-order valence-electron chi connectivity index (χ3n) is 6.76. The average Bonchev–Trinajstić information content (AvgIpc) is 3.40. The van der Waals surface area contributed by atoms with Crippen LogP contribution in [0.2, 0.25) is 0 Å². The maximum atomic E-state index is 13.1. The molecule has 0 radical (unpaired) electrons. The van der Waals surface area contributed by atoms with Gasteiger partial charge in [0, 0.05) is 24.8 Å². The average molecular weight is 500 g/mol. The van der Waals surface area contributed by atoms with Gasteiger partial charge in [-0.2, -0.15) is 10.2 Å². The van der Waals surface area contributed by atoms with Crippen LogP contribution in [-0.4, -0.2) is 65.7 Å². The predicted octanol–water partition coefficient (Wildman–Crippen LogP) is 3.16. The fraction of sp³-hybridized carbons (Fsp3) is 0.385. The number of amides is 2. The molecule has 0 atom stereocenters. The summed E-state index contributed by atoms with van der Waals surface area (Å²) in [6.45, 7) is 8.29. The van der Waals surface area contributed by atoms with Crippen LogP contribution in [0.1, 0.15) is 48.8 Å². The van der Waals surface area contributed by atoms with Gasteiger partial charge in [-0.15, -0.1) is 0 Å². The van der Waals surface area contributed by atoms with Crippen molar-refractivity contribution in [3.8, 4) is 11.3 Å². The largest absolute Gasteiger partial charge is 0.324 e. The Morgan fingerprint density at radius 3 is 2.59 bits per heavy atom. The number of carbonyl (C=O) groups is 2. The Bertz CT molecular complexity index is 1510. The van der Waals surface area contributed by atoms with Crippen molar-refractivity contribution in [2.45, 2.75) is 39.7 Å². The zero-order valence-electron chi connectivity index (χ0n) is 21.1. The molecule has 5 heterocycles. The first kappa shape index (κ1) is 23.3. The number of aryl methyl sites for hydroxylation is 1. The van der Waals surface area contributed by atoms with E-state index >= 15 is 0 Å². The zero-order chi connectivity index (χ0) is 25.7. The van der Waals surface area contributed by atoms with Crippen molar-refractivity contribution in [3.63, 3.8) is 0 Å². The summed E-state index contributed by atoms with van der Waals surface area (Å²) in [5.74, 6) is -0.437. The predicted molar refractivity (Wildman–Crippen MR) is 138 cm³/mol. The summed E-state index contributed by atoms with van der Waals surface area (Å²) in [7, 11) is 0. The number of hydrogen-bond donors (Lipinski definition) is 2. The summed E-state index contributed by atoms with van der Waals surface area (Å²) in [5, 5.41) is 14.6. The number of rotatable bonds is 7. The Kier molecular flexibility index (Phi) is 5.52. The molecule has 2 fully saturated rings. The van der Waals surface area contributed by atoms with E-state index in [1.54, 1.807) is 42.3 Å². The summed E-state index contributed by atoms with van der Waals surface area (Å²) in [4.78, 5) is 36.6. The number of anilines is 2. The van der Waals surface area contributed by atoms with Gasteiger partial charge in [-0.05, 0) is 31.2 Å². The van der Waals surface area contributed by atoms with Gasteiger partial charge in [-0.1, -0.05) is 13.8 Å². The van der Waals surface area contributed by atoms with Crippen molar-refractivity contribution in [2.75, 3.05) is 30.3 Å². The summed E-state index contributed by atoms with van der Waals surface area (Å²) in [5.41, 5.74) is 4.57. The fourth-order valence-electron chi connectivity index (χ4n) is 4.81. The Morgan fingerprint density at radius 2 is 1.84 bits per heavy atom. The molecule has 1 aliphatic heterocycles. The molecule has 190 valence electrons. The molecule has 11 nitrogen and oxygen atoms in total. The molecular weight excluding hydrogens is 470 g/mol. The van der Waals surface area contributed by atoms with Crippen LogP contribution in [0.3, 0.4) is 0 Å². The van der Waals surface area contributed by atoms with E-state index in [0.717, 1.165) is 37.2 Å². The van der Waals surface area contributed by atoms with Gasteiger partial charge in [0.15, 0.2) is 0 Å². The molecular formula is C26H29N9O2. The van der Waals surface area contributed by atoms with Crippen molar-refractivity contribution >= 4 is 28.7 Å². The minimum absolute atomic E-state index is 0.106. The number of hydrogen-bond acceptors (Lipinski definition) is 7. The van der Waals surface area contributed by atoms with E-state index < -0.39 is 0 Å². The minimum Gasteiger partial charge on any atom is -0.324 e. The lowest BCUT2D eigenvalue weighted by atomic mass is 9.84. The zero-order valence-corrected chi connectivity index (χ0v) is 21.1. The van der Waals surface area contributed by atoms with Gasteiger partial charge in [-0.25, -0.2) is 4.52 Å². The quantitative estimate of drug-likeness (QED) is 0.400. The minimum atomic E-state index is -0.331. The summed E-state index contributed by atoms with van der Waals surface area (Å²) < 4.78 is 3.62. The molecule has 0 bridgehead atoms. The molecule has 0 unspecified atom stereocenters. The highest BCUT2D eigenvalue weighted by molar-refractivity contribution is 6.09. The van der Waals surface area contributed by atoms with E-state index in [4.69, 9.17) is 0 Å². The van der Waals surface area contributed by atoms with Gasteiger partial charge in [0.1, 0.15) is 0 Å². The van der Waals surface area contributed by atoms with Crippen molar-refractivity contribution in [1.82, 2.24) is 34.3 Å². The number of pyridine rings is 1. The molecule has 1 aliphatic carbocycles. The number of aromatic nitrogens is 6. The molecule has 1 saturated heterocycles. The summed E-state index contributed by atoms with van der Waals surface area (Å²) in [6, 6.07) is 2.22. The molecule has 2 amide bonds. The lowest BCUT2D eigenvalue weighted by Gasteiger charge is -2.45. The molecule has 4 aromatic heterocycles. The van der Waals surface area contributed by atoms with E-state index in [9.17, 15) is 9.59 Å². The van der Waals surface area contributed by atoms with Gasteiger partial charge in [0.05, 0.1) is 77.4 Å². The molecule has 11 heteroatoms. The van der Waals surface area contributed by atoms with Gasteiger partial charge >= 0.3 is 0 Å². The monoisotopic (exact) mass is 499 g/mol. The van der Waals surface area contributed by atoms with E-state index in [1.807, 2.05) is 10.9 Å². The van der Waals surface area contributed by atoms with E-state index in [1.165, 1.54) is 6.20 Å². The third kappa shape index (κ3) is 4.82. The number of nitrogens with zero attached hydrogens (tertiary/aromatic N) is 7. The van der Waals surface area contributed by atoms with Gasteiger partial charge in [-0.3, -0.25) is 29.1 Å². The third-order valence-corrected chi connectivity index (χ3v) is 6.76. The highest BCUT2D eigenvalue weighted by Crippen LogP contribution is 2.35. The summed E-state index contributed by atoms with van der Waals surface area (Å²) >= 11 is 0. The number of likely N-dealkylation sites (tertiary alicyclic amines) is 1. The summed E-state index contributed by atoms with van der Waals surface area (Å²) in [6.07, 6.45) is 12.7. The molecule has 2 aliphatic rings.